The Labute approximate surface area is 123 Å². The SMILES string of the molecule is CNCc1cc(OCCCOCCOC)ccc1Br. The van der Waals surface area contributed by atoms with Crippen LogP contribution in [0.3, 0.4) is 0 Å². The van der Waals surface area contributed by atoms with Crippen LogP contribution in [0.5, 0.6) is 5.75 Å². The molecule has 5 heteroatoms. The smallest absolute Gasteiger partial charge is 0.119 e. The molecule has 0 atom stereocenters. The van der Waals surface area contributed by atoms with E-state index in [4.69, 9.17) is 14.2 Å². The van der Waals surface area contributed by atoms with E-state index >= 15 is 0 Å². The Morgan fingerprint density at radius 2 is 2.00 bits per heavy atom. The minimum atomic E-state index is 0.640. The molecule has 0 radical (unpaired) electrons. The molecule has 0 saturated heterocycles. The molecule has 19 heavy (non-hydrogen) atoms. The van der Waals surface area contributed by atoms with Gasteiger partial charge in [-0.15, -0.1) is 0 Å². The first kappa shape index (κ1) is 16.4. The van der Waals surface area contributed by atoms with Crippen LogP contribution >= 0.6 is 15.9 Å². The van der Waals surface area contributed by atoms with Crippen molar-refractivity contribution in [2.75, 3.05) is 40.6 Å². The second-order valence-corrected chi connectivity index (χ2v) is 4.95. The normalized spacial score (nSPS) is 10.7. The van der Waals surface area contributed by atoms with E-state index in [-0.39, 0.29) is 0 Å². The lowest BCUT2D eigenvalue weighted by Gasteiger charge is -2.10. The van der Waals surface area contributed by atoms with Gasteiger partial charge in [0.25, 0.3) is 0 Å². The number of nitrogens with one attached hydrogen (secondary N) is 1. The van der Waals surface area contributed by atoms with Crippen LogP contribution in [0.25, 0.3) is 0 Å². The third-order valence-corrected chi connectivity index (χ3v) is 3.29. The van der Waals surface area contributed by atoms with Gasteiger partial charge in [0.2, 0.25) is 0 Å². The van der Waals surface area contributed by atoms with Crippen molar-refractivity contribution in [1.82, 2.24) is 5.32 Å². The molecule has 0 aliphatic rings. The average molecular weight is 332 g/mol. The van der Waals surface area contributed by atoms with Crippen molar-refractivity contribution in [3.05, 3.63) is 28.2 Å². The molecule has 0 bridgehead atoms. The predicted octanol–water partition coefficient (Wildman–Crippen LogP) is 2.60. The molecule has 0 fully saturated rings. The number of hydrogen-bond acceptors (Lipinski definition) is 4. The first-order valence-corrected chi connectivity index (χ1v) is 7.19. The fourth-order valence-corrected chi connectivity index (χ4v) is 1.95. The molecule has 0 aliphatic heterocycles. The Bertz CT molecular complexity index is 361. The molecule has 1 N–H and O–H groups in total. The van der Waals surface area contributed by atoms with Crippen LogP contribution in [0.15, 0.2) is 22.7 Å². The van der Waals surface area contributed by atoms with Crippen LogP contribution in [0.4, 0.5) is 0 Å². The van der Waals surface area contributed by atoms with Crippen LogP contribution in [-0.4, -0.2) is 40.6 Å². The van der Waals surface area contributed by atoms with Gasteiger partial charge in [0.15, 0.2) is 0 Å². The number of methoxy groups -OCH3 is 1. The van der Waals surface area contributed by atoms with Crippen LogP contribution in [0, 0.1) is 0 Å². The average Bonchev–Trinajstić information content (AvgIpc) is 2.41. The molecule has 1 rings (SSSR count). The molecular formula is C14H22BrNO3. The first-order valence-electron chi connectivity index (χ1n) is 6.40. The van der Waals surface area contributed by atoms with Gasteiger partial charge in [-0.05, 0) is 30.8 Å². The van der Waals surface area contributed by atoms with Crippen molar-refractivity contribution >= 4 is 15.9 Å². The van der Waals surface area contributed by atoms with Crippen molar-refractivity contribution in [3.8, 4) is 5.75 Å². The Morgan fingerprint density at radius 1 is 1.16 bits per heavy atom. The number of rotatable bonds is 10. The molecule has 0 spiro atoms. The monoisotopic (exact) mass is 331 g/mol. The largest absolute Gasteiger partial charge is 0.493 e. The summed E-state index contributed by atoms with van der Waals surface area (Å²) in [5.41, 5.74) is 1.19. The Hall–Kier alpha value is -0.620. The van der Waals surface area contributed by atoms with Crippen molar-refractivity contribution < 1.29 is 14.2 Å². The second-order valence-electron chi connectivity index (χ2n) is 4.09. The highest BCUT2D eigenvalue weighted by Gasteiger charge is 2.01. The maximum Gasteiger partial charge on any atom is 0.119 e. The minimum absolute atomic E-state index is 0.640. The number of ether oxygens (including phenoxy) is 3. The lowest BCUT2D eigenvalue weighted by atomic mass is 10.2. The zero-order chi connectivity index (χ0) is 13.9. The molecule has 1 aromatic rings. The standard InChI is InChI=1S/C14H22BrNO3/c1-16-11-12-10-13(4-5-14(12)15)19-7-3-6-18-9-8-17-2/h4-5,10,16H,3,6-9,11H2,1-2H3. The third-order valence-electron chi connectivity index (χ3n) is 2.52. The van der Waals surface area contributed by atoms with E-state index in [1.165, 1.54) is 5.56 Å². The van der Waals surface area contributed by atoms with E-state index in [9.17, 15) is 0 Å². The van der Waals surface area contributed by atoms with Crippen molar-refractivity contribution in [3.63, 3.8) is 0 Å². The van der Waals surface area contributed by atoms with Gasteiger partial charge in [-0.25, -0.2) is 0 Å². The van der Waals surface area contributed by atoms with Crippen molar-refractivity contribution in [1.29, 1.82) is 0 Å². The van der Waals surface area contributed by atoms with Gasteiger partial charge >= 0.3 is 0 Å². The van der Waals surface area contributed by atoms with Gasteiger partial charge in [0, 0.05) is 31.2 Å². The summed E-state index contributed by atoms with van der Waals surface area (Å²) in [4.78, 5) is 0. The minimum Gasteiger partial charge on any atom is -0.493 e. The molecule has 108 valence electrons. The fraction of sp³-hybridized carbons (Fsp3) is 0.571. The lowest BCUT2D eigenvalue weighted by Crippen LogP contribution is -2.08. The molecule has 0 aromatic heterocycles. The van der Waals surface area contributed by atoms with Gasteiger partial charge in [-0.1, -0.05) is 15.9 Å². The number of benzene rings is 1. The number of halogens is 1. The summed E-state index contributed by atoms with van der Waals surface area (Å²) >= 11 is 3.52. The molecule has 0 aliphatic carbocycles. The predicted molar refractivity (Wildman–Crippen MR) is 79.7 cm³/mol. The van der Waals surface area contributed by atoms with Crippen LogP contribution in [0.2, 0.25) is 0 Å². The third kappa shape index (κ3) is 6.92. The quantitative estimate of drug-likeness (QED) is 0.669. The lowest BCUT2D eigenvalue weighted by molar-refractivity contribution is 0.0644. The Balaban J connectivity index is 2.23. The summed E-state index contributed by atoms with van der Waals surface area (Å²) in [6.07, 6.45) is 0.876. The molecule has 0 heterocycles. The molecule has 0 saturated carbocycles. The highest BCUT2D eigenvalue weighted by molar-refractivity contribution is 9.10. The summed E-state index contributed by atoms with van der Waals surface area (Å²) in [5.74, 6) is 0.894. The van der Waals surface area contributed by atoms with Gasteiger partial charge < -0.3 is 19.5 Å². The topological polar surface area (TPSA) is 39.7 Å². The van der Waals surface area contributed by atoms with Gasteiger partial charge in [-0.3, -0.25) is 0 Å². The van der Waals surface area contributed by atoms with E-state index in [0.717, 1.165) is 23.2 Å². The summed E-state index contributed by atoms with van der Waals surface area (Å²) in [5, 5.41) is 3.13. The van der Waals surface area contributed by atoms with E-state index in [0.29, 0.717) is 26.4 Å². The molecule has 0 unspecified atom stereocenters. The van der Waals surface area contributed by atoms with E-state index < -0.39 is 0 Å². The fourth-order valence-electron chi connectivity index (χ4n) is 1.56. The summed E-state index contributed by atoms with van der Waals surface area (Å²) in [7, 11) is 3.60. The molecule has 1 aromatic carbocycles. The molecular weight excluding hydrogens is 310 g/mol. The van der Waals surface area contributed by atoms with Crippen LogP contribution < -0.4 is 10.1 Å². The highest BCUT2D eigenvalue weighted by Crippen LogP contribution is 2.22. The second kappa shape index (κ2) is 10.2. The zero-order valence-corrected chi connectivity index (χ0v) is 13.2. The highest BCUT2D eigenvalue weighted by atomic mass is 79.9. The zero-order valence-electron chi connectivity index (χ0n) is 11.6. The molecule has 4 nitrogen and oxygen atoms in total. The Morgan fingerprint density at radius 3 is 2.74 bits per heavy atom. The van der Waals surface area contributed by atoms with E-state index in [1.807, 2.05) is 25.2 Å². The van der Waals surface area contributed by atoms with E-state index in [2.05, 4.69) is 21.2 Å². The maximum atomic E-state index is 5.69. The van der Waals surface area contributed by atoms with Gasteiger partial charge in [0.1, 0.15) is 5.75 Å². The summed E-state index contributed by atoms with van der Waals surface area (Å²) in [6.45, 7) is 3.46. The maximum absolute atomic E-state index is 5.69. The number of hydrogen-bond donors (Lipinski definition) is 1. The molecule has 0 amide bonds. The van der Waals surface area contributed by atoms with Crippen LogP contribution in [0.1, 0.15) is 12.0 Å². The summed E-state index contributed by atoms with van der Waals surface area (Å²) < 4.78 is 17.1. The first-order chi connectivity index (χ1) is 9.27. The van der Waals surface area contributed by atoms with Crippen molar-refractivity contribution in [2.24, 2.45) is 0 Å². The van der Waals surface area contributed by atoms with Crippen molar-refractivity contribution in [2.45, 2.75) is 13.0 Å². The Kier molecular flexibility index (Phi) is 8.82. The van der Waals surface area contributed by atoms with Crippen LogP contribution in [-0.2, 0) is 16.0 Å². The van der Waals surface area contributed by atoms with E-state index in [1.54, 1.807) is 7.11 Å². The van der Waals surface area contributed by atoms with Gasteiger partial charge in [0.05, 0.1) is 19.8 Å². The summed E-state index contributed by atoms with van der Waals surface area (Å²) in [6, 6.07) is 6.03. The van der Waals surface area contributed by atoms with Gasteiger partial charge in [-0.2, -0.15) is 0 Å².